The molecule has 2 aliphatic carbocycles. The Hall–Kier alpha value is -13.0. The van der Waals surface area contributed by atoms with Crippen LogP contribution in [0.3, 0.4) is 0 Å². The number of aromatic nitrogens is 5. The van der Waals surface area contributed by atoms with E-state index in [0.717, 1.165) is 72.6 Å². The Labute approximate surface area is 648 Å². The van der Waals surface area contributed by atoms with E-state index in [1.165, 1.54) is 180 Å². The van der Waals surface area contributed by atoms with E-state index >= 15 is 0 Å². The molecule has 0 bridgehead atoms. The third kappa shape index (κ3) is 11.2. The van der Waals surface area contributed by atoms with E-state index in [9.17, 15) is 0 Å². The van der Waals surface area contributed by atoms with E-state index in [-0.39, 0.29) is 6.71 Å². The highest BCUT2D eigenvalue weighted by atomic mass is 15.1. The van der Waals surface area contributed by atoms with E-state index in [1.807, 2.05) is 0 Å². The predicted octanol–water partition coefficient (Wildman–Crippen LogP) is 25.6. The van der Waals surface area contributed by atoms with Crippen molar-refractivity contribution in [3.05, 3.63) is 351 Å². The molecule has 2 saturated carbocycles. The molecule has 0 saturated heterocycles. The van der Waals surface area contributed by atoms with E-state index in [2.05, 4.69) is 349 Å². The third-order valence-corrected chi connectivity index (χ3v) is 24.8. The topological polar surface area (TPSA) is 48.5 Å². The first-order valence-corrected chi connectivity index (χ1v) is 40.0. The highest BCUT2D eigenvalue weighted by Crippen LogP contribution is 2.50. The predicted molar refractivity (Wildman–Crippen MR) is 465 cm³/mol. The molecule has 0 atom stereocenters. The molecule has 111 heavy (non-hydrogen) atoms. The molecular weight excluding hydrogens is 1340 g/mol. The summed E-state index contributed by atoms with van der Waals surface area (Å²) in [6, 6.07) is 127. The average molecular weight is 1420 g/mol. The van der Waals surface area contributed by atoms with E-state index in [4.69, 9.17) is 15.0 Å². The molecule has 3 aromatic heterocycles. The van der Waals surface area contributed by atoms with Gasteiger partial charge in [0.2, 0.25) is 0 Å². The van der Waals surface area contributed by atoms with Crippen LogP contribution in [0.1, 0.15) is 87.2 Å². The maximum atomic E-state index is 5.98. The van der Waals surface area contributed by atoms with Gasteiger partial charge in [-0.25, -0.2) is 15.0 Å². The Bertz CT molecular complexity index is 6150. The monoisotopic (exact) mass is 1420 g/mol. The molecule has 5 nitrogen and oxygen atoms in total. The number of rotatable bonds is 13. The Morgan fingerprint density at radius 2 is 0.514 bits per heavy atom. The molecule has 6 heteroatoms. The fraction of sp³-hybridized carbons (Fsp3) is 0.114. The summed E-state index contributed by atoms with van der Waals surface area (Å²) < 4.78 is 5.44. The average Bonchev–Trinajstić information content (AvgIpc) is 1.51. The summed E-state index contributed by atoms with van der Waals surface area (Å²) in [6.45, 7) is -0.143. The molecule has 0 N–H and O–H groups in total. The lowest BCUT2D eigenvalue weighted by atomic mass is 9.34. The minimum atomic E-state index is -0.143. The highest BCUT2D eigenvalue weighted by Gasteiger charge is 2.44. The molecule has 0 unspecified atom stereocenters. The highest BCUT2D eigenvalue weighted by molar-refractivity contribution is 7.00. The van der Waals surface area contributed by atoms with Gasteiger partial charge in [-0.3, -0.25) is 0 Å². The molecule has 22 rings (SSSR count). The molecule has 0 amide bonds. The Morgan fingerprint density at radius 3 is 0.820 bits per heavy atom. The van der Waals surface area contributed by atoms with Crippen LogP contribution < -0.4 is 16.4 Å². The first kappa shape index (κ1) is 65.1. The van der Waals surface area contributed by atoms with Gasteiger partial charge < -0.3 is 9.13 Å². The van der Waals surface area contributed by atoms with Crippen LogP contribution in [0.25, 0.3) is 178 Å². The Balaban J connectivity index is 0.912. The fourth-order valence-electron chi connectivity index (χ4n) is 19.6. The van der Waals surface area contributed by atoms with Crippen molar-refractivity contribution < 1.29 is 0 Å². The molecule has 5 heterocycles. The lowest BCUT2D eigenvalue weighted by Gasteiger charge is -2.35. The van der Waals surface area contributed by atoms with Crippen molar-refractivity contribution in [3.63, 3.8) is 0 Å². The number of benzene rings is 15. The van der Waals surface area contributed by atoms with Crippen molar-refractivity contribution >= 4 is 66.7 Å². The van der Waals surface area contributed by atoms with Crippen molar-refractivity contribution in [3.8, 4) is 135 Å². The van der Waals surface area contributed by atoms with Gasteiger partial charge in [-0.15, -0.1) is 0 Å². The Morgan fingerprint density at radius 1 is 0.243 bits per heavy atom. The van der Waals surface area contributed by atoms with E-state index in [1.54, 1.807) is 0 Å². The zero-order valence-electron chi connectivity index (χ0n) is 61.9. The molecular formula is C105H78BN5. The summed E-state index contributed by atoms with van der Waals surface area (Å²) in [5.74, 6) is 2.65. The summed E-state index contributed by atoms with van der Waals surface area (Å²) in [4.78, 5) is 17.8. The van der Waals surface area contributed by atoms with Crippen molar-refractivity contribution in [1.82, 2.24) is 24.1 Å². The largest absolute Gasteiger partial charge is 0.310 e. The van der Waals surface area contributed by atoms with Crippen molar-refractivity contribution in [2.45, 2.75) is 76.0 Å². The second kappa shape index (κ2) is 27.0. The number of hydrogen-bond acceptors (Lipinski definition) is 3. The Kier molecular flexibility index (Phi) is 15.8. The molecule has 526 valence electrons. The smallest absolute Gasteiger partial charge is 0.252 e. The standard InChI is InChI=1S/C105H78BN5/c1-11-31-67(32-12-1)77-51-78(68-33-13-2-14-34-68)54-85(53-77)103-107-104(86-55-79(69-35-15-3-16-36-69)52-80(56-86)70-37-17-4-18-38-70)109-105(108-103)87-65-96-100-97(66-87)111-95-64-84(74-45-25-8-26-46-74)58-89(76-49-29-10-30-50-76)99(95)91-60-82(72-41-21-6-22-42-72)62-93(102(91)111)106(100)92-61-81(71-39-19-5-20-40-71)59-90-98-88(75-47-27-9-28-48-75)57-83(73-43-23-7-24-44-73)63-94(98)110(96)101(90)92/h1-4,7-18,23-38,43-66,71-72H,5-6,19-22,39-42H2. The minimum absolute atomic E-state index is 0.143. The molecule has 0 radical (unpaired) electrons. The number of nitrogens with zero attached hydrogens (tertiary/aromatic N) is 5. The first-order valence-electron chi connectivity index (χ1n) is 40.0. The van der Waals surface area contributed by atoms with Gasteiger partial charge in [0.25, 0.3) is 6.71 Å². The van der Waals surface area contributed by atoms with Crippen LogP contribution in [-0.2, 0) is 0 Å². The molecule has 2 fully saturated rings. The van der Waals surface area contributed by atoms with Gasteiger partial charge in [0, 0.05) is 60.6 Å². The van der Waals surface area contributed by atoms with Crippen LogP contribution in [-0.4, -0.2) is 30.8 Å². The maximum absolute atomic E-state index is 5.98. The third-order valence-electron chi connectivity index (χ3n) is 24.8. The van der Waals surface area contributed by atoms with Crippen LogP contribution in [0.4, 0.5) is 0 Å². The van der Waals surface area contributed by atoms with Gasteiger partial charge in [0.15, 0.2) is 17.5 Å². The number of hydrogen-bond donors (Lipinski definition) is 0. The van der Waals surface area contributed by atoms with Crippen molar-refractivity contribution in [2.24, 2.45) is 0 Å². The summed E-state index contributed by atoms with van der Waals surface area (Å²) >= 11 is 0. The molecule has 18 aromatic rings. The zero-order valence-corrected chi connectivity index (χ0v) is 61.9. The SMILES string of the molecule is c1ccc(-c2cc(-c3ccccc3)cc(-c3nc(-c4cc(-c5ccccc5)cc(-c5ccccc5)c4)nc(-c4cc5c6c(c4)-n4c7cc(-c8ccccc8)cc(-c8ccccc8)c7c7cc(C8CCCCC8)cc(c74)B6c4cc(C6CCCCC6)cc6c7c(-c8ccccc8)cc(-c8ccccc8)cc7n-5c46)n3)c2)cc1. The molecule has 0 spiro atoms. The summed E-state index contributed by atoms with van der Waals surface area (Å²) in [5, 5.41) is 5.19. The second-order valence-corrected chi connectivity index (χ2v) is 31.4. The lowest BCUT2D eigenvalue weighted by molar-refractivity contribution is 0.444. The second-order valence-electron chi connectivity index (χ2n) is 31.4. The van der Waals surface area contributed by atoms with Crippen molar-refractivity contribution in [1.29, 1.82) is 0 Å². The number of fused-ring (bicyclic) bond motifs is 10. The van der Waals surface area contributed by atoms with Crippen LogP contribution in [0.2, 0.25) is 0 Å². The maximum Gasteiger partial charge on any atom is 0.252 e. The first-order chi connectivity index (χ1) is 55.0. The molecule has 2 aliphatic heterocycles. The van der Waals surface area contributed by atoms with Crippen LogP contribution >= 0.6 is 0 Å². The summed E-state index contributed by atoms with van der Waals surface area (Å²) in [5.41, 5.74) is 35.3. The van der Waals surface area contributed by atoms with Gasteiger partial charge >= 0.3 is 0 Å². The van der Waals surface area contributed by atoms with Crippen LogP contribution in [0.15, 0.2) is 340 Å². The normalized spacial score (nSPS) is 14.0. The van der Waals surface area contributed by atoms with Crippen LogP contribution in [0.5, 0.6) is 0 Å². The van der Waals surface area contributed by atoms with E-state index < -0.39 is 0 Å². The van der Waals surface area contributed by atoms with Gasteiger partial charge in [0.1, 0.15) is 0 Å². The van der Waals surface area contributed by atoms with Gasteiger partial charge in [-0.1, -0.05) is 293 Å². The quantitative estimate of drug-likeness (QED) is 0.108. The summed E-state index contributed by atoms with van der Waals surface area (Å²) in [7, 11) is 0. The van der Waals surface area contributed by atoms with Gasteiger partial charge in [0.05, 0.1) is 11.0 Å². The zero-order chi connectivity index (χ0) is 73.0. The molecule has 4 aliphatic rings. The van der Waals surface area contributed by atoms with Crippen LogP contribution in [0, 0.1) is 0 Å². The van der Waals surface area contributed by atoms with E-state index in [0.29, 0.717) is 29.3 Å². The van der Waals surface area contributed by atoms with Gasteiger partial charge in [-0.05, 0) is 239 Å². The lowest BCUT2D eigenvalue weighted by Crippen LogP contribution is -2.59. The molecule has 15 aromatic carbocycles. The fourth-order valence-corrected chi connectivity index (χ4v) is 19.6. The summed E-state index contributed by atoms with van der Waals surface area (Å²) in [6.07, 6.45) is 12.3. The van der Waals surface area contributed by atoms with Gasteiger partial charge in [-0.2, -0.15) is 0 Å². The minimum Gasteiger partial charge on any atom is -0.310 e. The van der Waals surface area contributed by atoms with Crippen molar-refractivity contribution in [2.75, 3.05) is 0 Å².